The molecule has 6 nitrogen and oxygen atoms in total. The molecule has 0 aliphatic heterocycles. The van der Waals surface area contributed by atoms with Crippen LogP contribution in [0.1, 0.15) is 59.3 Å². The van der Waals surface area contributed by atoms with E-state index in [2.05, 4.69) is 0 Å². The molecule has 20 heavy (non-hydrogen) atoms. The van der Waals surface area contributed by atoms with Crippen LogP contribution < -0.4 is 0 Å². The van der Waals surface area contributed by atoms with Crippen molar-refractivity contribution < 1.29 is 29.3 Å². The van der Waals surface area contributed by atoms with Crippen LogP contribution in [0.3, 0.4) is 0 Å². The molecule has 2 N–H and O–H groups in total. The summed E-state index contributed by atoms with van der Waals surface area (Å²) in [5.41, 5.74) is 0. The van der Waals surface area contributed by atoms with Gasteiger partial charge in [0.1, 0.15) is 0 Å². The number of hydrogen-bond acceptors (Lipinski definition) is 6. The van der Waals surface area contributed by atoms with E-state index in [9.17, 15) is 19.8 Å². The lowest BCUT2D eigenvalue weighted by Gasteiger charge is -2.12. The maximum Gasteiger partial charge on any atom is 0.325 e. The quantitative estimate of drug-likeness (QED) is 0.500. The van der Waals surface area contributed by atoms with E-state index in [4.69, 9.17) is 9.47 Å². The average Bonchev–Trinajstić information content (AvgIpc) is 2.34. The van der Waals surface area contributed by atoms with E-state index in [1.807, 2.05) is 6.92 Å². The second kappa shape index (κ2) is 10.3. The number of aliphatic hydroxyl groups is 2. The van der Waals surface area contributed by atoms with Crippen LogP contribution in [0.25, 0.3) is 0 Å². The molecule has 0 saturated carbocycles. The SMILES string of the molecule is CCCC(=O)O/C(O)=C(/CCC(C)O)OC(=O)CCC. The highest BCUT2D eigenvalue weighted by Gasteiger charge is 2.17. The van der Waals surface area contributed by atoms with Crippen molar-refractivity contribution in [3.63, 3.8) is 0 Å². The summed E-state index contributed by atoms with van der Waals surface area (Å²) in [5, 5.41) is 18.9. The largest absolute Gasteiger partial charge is 0.478 e. The molecule has 0 radical (unpaired) electrons. The molecule has 6 heteroatoms. The Morgan fingerprint density at radius 2 is 1.50 bits per heavy atom. The molecular formula is C14H24O6. The van der Waals surface area contributed by atoms with Crippen LogP contribution in [0.5, 0.6) is 0 Å². The van der Waals surface area contributed by atoms with Crippen molar-refractivity contribution in [1.82, 2.24) is 0 Å². The maximum atomic E-state index is 11.4. The van der Waals surface area contributed by atoms with Crippen molar-refractivity contribution in [2.75, 3.05) is 0 Å². The summed E-state index contributed by atoms with van der Waals surface area (Å²) < 4.78 is 9.69. The molecule has 0 rings (SSSR count). The summed E-state index contributed by atoms with van der Waals surface area (Å²) in [6.45, 7) is 5.20. The van der Waals surface area contributed by atoms with E-state index in [1.54, 1.807) is 13.8 Å². The first-order chi connectivity index (χ1) is 9.40. The van der Waals surface area contributed by atoms with Gasteiger partial charge in [0.15, 0.2) is 5.76 Å². The molecule has 0 fully saturated rings. The summed E-state index contributed by atoms with van der Waals surface area (Å²) in [6.07, 6.45) is 1.34. The summed E-state index contributed by atoms with van der Waals surface area (Å²) in [5.74, 6) is -1.92. The van der Waals surface area contributed by atoms with Crippen molar-refractivity contribution in [1.29, 1.82) is 0 Å². The van der Waals surface area contributed by atoms with Crippen molar-refractivity contribution in [3.05, 3.63) is 11.7 Å². The summed E-state index contributed by atoms with van der Waals surface area (Å²) in [7, 11) is 0. The third kappa shape index (κ3) is 8.53. The van der Waals surface area contributed by atoms with Crippen LogP contribution in [-0.4, -0.2) is 28.3 Å². The topological polar surface area (TPSA) is 93.1 Å². The van der Waals surface area contributed by atoms with Crippen molar-refractivity contribution in [2.45, 2.75) is 65.4 Å². The van der Waals surface area contributed by atoms with Gasteiger partial charge < -0.3 is 19.7 Å². The molecule has 0 aliphatic rings. The Hall–Kier alpha value is -1.56. The highest BCUT2D eigenvalue weighted by Crippen LogP contribution is 2.16. The minimum Gasteiger partial charge on any atom is -0.478 e. The predicted molar refractivity (Wildman–Crippen MR) is 72.6 cm³/mol. The lowest BCUT2D eigenvalue weighted by Crippen LogP contribution is -2.12. The molecule has 1 atom stereocenters. The van der Waals surface area contributed by atoms with E-state index < -0.39 is 24.0 Å². The summed E-state index contributed by atoms with van der Waals surface area (Å²) in [4.78, 5) is 22.7. The lowest BCUT2D eigenvalue weighted by atomic mass is 10.2. The monoisotopic (exact) mass is 288 g/mol. The molecule has 0 aromatic carbocycles. The van der Waals surface area contributed by atoms with Gasteiger partial charge in [0.25, 0.3) is 0 Å². The van der Waals surface area contributed by atoms with Gasteiger partial charge in [0.05, 0.1) is 6.10 Å². The molecule has 0 spiro atoms. The van der Waals surface area contributed by atoms with Crippen molar-refractivity contribution in [2.24, 2.45) is 0 Å². The first-order valence-electron chi connectivity index (χ1n) is 6.92. The number of rotatable bonds is 9. The molecule has 0 aromatic rings. The number of allylic oxidation sites excluding steroid dienone is 1. The van der Waals surface area contributed by atoms with Crippen LogP contribution in [0, 0.1) is 0 Å². The number of hydrogen-bond donors (Lipinski definition) is 2. The minimum absolute atomic E-state index is 0.109. The maximum absolute atomic E-state index is 11.4. The second-order valence-corrected chi connectivity index (χ2v) is 4.56. The standard InChI is InChI=1S/C14H24O6/c1-4-6-12(16)19-11(9-8-10(3)15)14(18)20-13(17)7-5-2/h10,15,18H,4-9H2,1-3H3/b14-11-. The Morgan fingerprint density at radius 1 is 1.00 bits per heavy atom. The molecule has 0 saturated heterocycles. The number of ether oxygens (including phenoxy) is 2. The Bertz CT molecular complexity index is 346. The van der Waals surface area contributed by atoms with E-state index in [1.165, 1.54) is 0 Å². The molecule has 0 bridgehead atoms. The first kappa shape index (κ1) is 18.4. The van der Waals surface area contributed by atoms with Gasteiger partial charge in [-0.05, 0) is 26.2 Å². The van der Waals surface area contributed by atoms with Gasteiger partial charge in [-0.15, -0.1) is 0 Å². The van der Waals surface area contributed by atoms with Gasteiger partial charge in [0, 0.05) is 19.3 Å². The Morgan fingerprint density at radius 3 is 1.95 bits per heavy atom. The fraction of sp³-hybridized carbons (Fsp3) is 0.714. The van der Waals surface area contributed by atoms with E-state index in [-0.39, 0.29) is 31.4 Å². The third-order valence-electron chi connectivity index (χ3n) is 2.38. The fourth-order valence-corrected chi connectivity index (χ4v) is 1.35. The average molecular weight is 288 g/mol. The molecule has 0 heterocycles. The van der Waals surface area contributed by atoms with Crippen LogP contribution in [0.15, 0.2) is 11.7 Å². The zero-order valence-electron chi connectivity index (χ0n) is 12.3. The van der Waals surface area contributed by atoms with Gasteiger partial charge in [-0.1, -0.05) is 13.8 Å². The fourth-order valence-electron chi connectivity index (χ4n) is 1.35. The zero-order chi connectivity index (χ0) is 15.5. The second-order valence-electron chi connectivity index (χ2n) is 4.56. The number of esters is 2. The first-order valence-corrected chi connectivity index (χ1v) is 6.92. The van der Waals surface area contributed by atoms with Crippen LogP contribution in [-0.2, 0) is 19.1 Å². The predicted octanol–water partition coefficient (Wildman–Crippen LogP) is 2.56. The number of aliphatic hydroxyl groups excluding tert-OH is 2. The molecule has 116 valence electrons. The molecule has 1 unspecified atom stereocenters. The van der Waals surface area contributed by atoms with Crippen molar-refractivity contribution >= 4 is 11.9 Å². The van der Waals surface area contributed by atoms with Crippen LogP contribution in [0.4, 0.5) is 0 Å². The van der Waals surface area contributed by atoms with E-state index >= 15 is 0 Å². The molecule has 0 aromatic heterocycles. The van der Waals surface area contributed by atoms with Crippen LogP contribution >= 0.6 is 0 Å². The smallest absolute Gasteiger partial charge is 0.325 e. The van der Waals surface area contributed by atoms with Gasteiger partial charge in [0.2, 0.25) is 0 Å². The van der Waals surface area contributed by atoms with Crippen LogP contribution in [0.2, 0.25) is 0 Å². The van der Waals surface area contributed by atoms with Gasteiger partial charge in [-0.25, -0.2) is 0 Å². The molecule has 0 aliphatic carbocycles. The highest BCUT2D eigenvalue weighted by molar-refractivity contribution is 5.71. The zero-order valence-corrected chi connectivity index (χ0v) is 12.3. The Balaban J connectivity index is 4.77. The molecule has 0 amide bonds. The Labute approximate surface area is 119 Å². The molecular weight excluding hydrogens is 264 g/mol. The van der Waals surface area contributed by atoms with Gasteiger partial charge >= 0.3 is 17.9 Å². The summed E-state index contributed by atoms with van der Waals surface area (Å²) in [6, 6.07) is 0. The van der Waals surface area contributed by atoms with Gasteiger partial charge in [-0.3, -0.25) is 9.59 Å². The lowest BCUT2D eigenvalue weighted by molar-refractivity contribution is -0.147. The minimum atomic E-state index is -0.700. The van der Waals surface area contributed by atoms with E-state index in [0.717, 1.165) is 0 Å². The summed E-state index contributed by atoms with van der Waals surface area (Å²) >= 11 is 0. The Kier molecular flexibility index (Phi) is 9.45. The number of carbonyl (C=O) groups excluding carboxylic acids is 2. The highest BCUT2D eigenvalue weighted by atomic mass is 16.6. The van der Waals surface area contributed by atoms with Crippen molar-refractivity contribution in [3.8, 4) is 0 Å². The van der Waals surface area contributed by atoms with Gasteiger partial charge in [-0.2, -0.15) is 0 Å². The third-order valence-corrected chi connectivity index (χ3v) is 2.38. The normalized spacial score (nSPS) is 13.4. The number of carbonyl (C=O) groups is 2. The van der Waals surface area contributed by atoms with E-state index in [0.29, 0.717) is 12.8 Å².